The topological polar surface area (TPSA) is 133 Å². The summed E-state index contributed by atoms with van der Waals surface area (Å²) in [5, 5.41) is 11.5. The normalized spacial score (nSPS) is 13.7. The van der Waals surface area contributed by atoms with E-state index in [1.165, 1.54) is 6.20 Å². The first kappa shape index (κ1) is 15.4. The van der Waals surface area contributed by atoms with Crippen LogP contribution in [0.25, 0.3) is 0 Å². The second-order valence-corrected chi connectivity index (χ2v) is 6.48. The van der Waals surface area contributed by atoms with Crippen LogP contribution in [0.1, 0.15) is 26.6 Å². The fourth-order valence-electron chi connectivity index (χ4n) is 1.24. The quantitative estimate of drug-likeness (QED) is 0.253. The van der Waals surface area contributed by atoms with Crippen molar-refractivity contribution in [2.75, 3.05) is 6.54 Å². The van der Waals surface area contributed by atoms with Crippen molar-refractivity contribution in [2.45, 2.75) is 32.2 Å². The fourth-order valence-corrected chi connectivity index (χ4v) is 2.39. The van der Waals surface area contributed by atoms with Gasteiger partial charge in [0.1, 0.15) is 11.7 Å². The summed E-state index contributed by atoms with van der Waals surface area (Å²) >= 11 is 0. The molecular formula is C10H19N5O3S. The minimum absolute atomic E-state index is 0.000316. The van der Waals surface area contributed by atoms with E-state index in [1.54, 1.807) is 13.8 Å². The number of hydrogen-bond acceptors (Lipinski definition) is 5. The first-order valence-electron chi connectivity index (χ1n) is 5.74. The predicted octanol–water partition coefficient (Wildman–Crippen LogP) is 0.0230. The maximum absolute atomic E-state index is 12.0. The van der Waals surface area contributed by atoms with E-state index in [2.05, 4.69) is 19.8 Å². The van der Waals surface area contributed by atoms with E-state index in [0.717, 1.165) is 0 Å². The zero-order chi connectivity index (χ0) is 14.7. The van der Waals surface area contributed by atoms with E-state index in [9.17, 15) is 8.42 Å². The number of aromatic amines is 1. The number of aromatic nitrogens is 2. The molecular weight excluding hydrogens is 270 g/mol. The predicted molar refractivity (Wildman–Crippen MR) is 70.3 cm³/mol. The Morgan fingerprint density at radius 3 is 2.74 bits per heavy atom. The number of aryl methyl sites for hydroxylation is 1. The molecule has 9 heteroatoms. The number of nitrogens with one attached hydrogen (secondary N) is 2. The van der Waals surface area contributed by atoms with Gasteiger partial charge in [0.25, 0.3) is 10.0 Å². The molecule has 1 rings (SSSR count). The lowest BCUT2D eigenvalue weighted by molar-refractivity contribution is 0.307. The zero-order valence-corrected chi connectivity index (χ0v) is 12.0. The smallest absolute Gasteiger partial charge is 0.257 e. The number of hydrogen-bond donors (Lipinski definition) is 4. The van der Waals surface area contributed by atoms with Crippen LogP contribution in [0, 0.1) is 5.41 Å². The molecule has 0 spiro atoms. The van der Waals surface area contributed by atoms with Crippen LogP contribution < -0.4 is 10.5 Å². The number of sulfonamides is 1. The fraction of sp³-hybridized carbons (Fsp3) is 0.600. The van der Waals surface area contributed by atoms with Gasteiger partial charge in [0.05, 0.1) is 6.20 Å². The first-order valence-corrected chi connectivity index (χ1v) is 7.23. The molecule has 5 N–H and O–H groups in total. The SMILES string of the molecule is CCc1ncc(S(=O)(=O)NCC(C)(C)/C(N)=N/O)[nH]1. The minimum atomic E-state index is -3.68. The third kappa shape index (κ3) is 3.67. The van der Waals surface area contributed by atoms with Crippen LogP contribution in [0.5, 0.6) is 0 Å². The number of imidazole rings is 1. The molecule has 0 aliphatic rings. The van der Waals surface area contributed by atoms with Gasteiger partial charge < -0.3 is 15.9 Å². The number of amidine groups is 1. The second-order valence-electron chi connectivity index (χ2n) is 4.74. The van der Waals surface area contributed by atoms with Gasteiger partial charge in [0.15, 0.2) is 5.03 Å². The number of nitrogens with zero attached hydrogens (tertiary/aromatic N) is 2. The van der Waals surface area contributed by atoms with E-state index >= 15 is 0 Å². The average molecular weight is 289 g/mol. The van der Waals surface area contributed by atoms with Gasteiger partial charge in [-0.05, 0) is 0 Å². The van der Waals surface area contributed by atoms with E-state index in [4.69, 9.17) is 10.9 Å². The standard InChI is InChI=1S/C10H19N5O3S/c1-4-7-12-5-8(14-7)19(17,18)13-6-10(2,3)9(11)15-16/h5,13,16H,4,6H2,1-3H3,(H2,11,15)(H,12,14). The van der Waals surface area contributed by atoms with Crippen LogP contribution in [0.2, 0.25) is 0 Å². The molecule has 0 saturated heterocycles. The monoisotopic (exact) mass is 289 g/mol. The summed E-state index contributed by atoms with van der Waals surface area (Å²) in [6, 6.07) is 0. The lowest BCUT2D eigenvalue weighted by Gasteiger charge is -2.22. The number of H-pyrrole nitrogens is 1. The van der Waals surface area contributed by atoms with Gasteiger partial charge in [-0.2, -0.15) is 0 Å². The van der Waals surface area contributed by atoms with Gasteiger partial charge in [-0.3, -0.25) is 0 Å². The molecule has 0 bridgehead atoms. The highest BCUT2D eigenvalue weighted by Crippen LogP contribution is 2.15. The van der Waals surface area contributed by atoms with Crippen molar-refractivity contribution in [3.63, 3.8) is 0 Å². The Kier molecular flexibility index (Phi) is 4.53. The highest BCUT2D eigenvalue weighted by Gasteiger charge is 2.27. The van der Waals surface area contributed by atoms with Gasteiger partial charge in [-0.1, -0.05) is 25.9 Å². The van der Waals surface area contributed by atoms with Crippen molar-refractivity contribution in [2.24, 2.45) is 16.3 Å². The van der Waals surface area contributed by atoms with Crippen molar-refractivity contribution < 1.29 is 13.6 Å². The Morgan fingerprint density at radius 1 is 1.63 bits per heavy atom. The molecule has 0 radical (unpaired) electrons. The van der Waals surface area contributed by atoms with Gasteiger partial charge >= 0.3 is 0 Å². The molecule has 0 atom stereocenters. The van der Waals surface area contributed by atoms with E-state index in [-0.39, 0.29) is 17.4 Å². The second kappa shape index (κ2) is 5.57. The van der Waals surface area contributed by atoms with Crippen molar-refractivity contribution in [1.29, 1.82) is 0 Å². The zero-order valence-electron chi connectivity index (χ0n) is 11.1. The number of nitrogens with two attached hydrogens (primary N) is 1. The molecule has 1 heterocycles. The molecule has 1 aromatic rings. The van der Waals surface area contributed by atoms with Crippen LogP contribution in [0.4, 0.5) is 0 Å². The summed E-state index contributed by atoms with van der Waals surface area (Å²) in [4.78, 5) is 6.64. The summed E-state index contributed by atoms with van der Waals surface area (Å²) in [5.74, 6) is 0.546. The Labute approximate surface area is 112 Å². The maximum Gasteiger partial charge on any atom is 0.257 e. The van der Waals surface area contributed by atoms with Crippen molar-refractivity contribution >= 4 is 15.9 Å². The lowest BCUT2D eigenvalue weighted by atomic mass is 9.93. The highest BCUT2D eigenvalue weighted by molar-refractivity contribution is 7.89. The molecule has 0 aromatic carbocycles. The van der Waals surface area contributed by atoms with Crippen molar-refractivity contribution in [3.05, 3.63) is 12.0 Å². The molecule has 0 aliphatic carbocycles. The Morgan fingerprint density at radius 2 is 2.26 bits per heavy atom. The number of rotatable bonds is 6. The summed E-state index contributed by atoms with van der Waals surface area (Å²) in [6.45, 7) is 5.19. The number of oxime groups is 1. The van der Waals surface area contributed by atoms with Crippen LogP contribution in [-0.2, 0) is 16.4 Å². The molecule has 108 valence electrons. The van der Waals surface area contributed by atoms with E-state index in [0.29, 0.717) is 12.2 Å². The molecule has 0 unspecified atom stereocenters. The van der Waals surface area contributed by atoms with Gasteiger partial charge in [0.2, 0.25) is 0 Å². The summed E-state index contributed by atoms with van der Waals surface area (Å²) in [6.07, 6.45) is 1.88. The third-order valence-electron chi connectivity index (χ3n) is 2.73. The molecule has 19 heavy (non-hydrogen) atoms. The summed E-state index contributed by atoms with van der Waals surface area (Å²) in [7, 11) is -3.68. The largest absolute Gasteiger partial charge is 0.409 e. The third-order valence-corrected chi connectivity index (χ3v) is 4.05. The molecule has 0 saturated carbocycles. The Hall–Kier alpha value is -1.61. The Balaban J connectivity index is 2.81. The highest BCUT2D eigenvalue weighted by atomic mass is 32.2. The lowest BCUT2D eigenvalue weighted by Crippen LogP contribution is -2.42. The van der Waals surface area contributed by atoms with Crippen LogP contribution in [-0.4, -0.2) is 36.0 Å². The summed E-state index contributed by atoms with van der Waals surface area (Å²) in [5.41, 5.74) is 4.69. The molecule has 0 aliphatic heterocycles. The van der Waals surface area contributed by atoms with Gasteiger partial charge in [0, 0.05) is 18.4 Å². The van der Waals surface area contributed by atoms with E-state index < -0.39 is 15.4 Å². The van der Waals surface area contributed by atoms with Crippen molar-refractivity contribution in [3.8, 4) is 0 Å². The molecule has 1 aromatic heterocycles. The van der Waals surface area contributed by atoms with Crippen LogP contribution in [0.15, 0.2) is 16.4 Å². The van der Waals surface area contributed by atoms with Gasteiger partial charge in [-0.25, -0.2) is 18.1 Å². The Bertz CT molecular complexity index is 561. The summed E-state index contributed by atoms with van der Waals surface area (Å²) < 4.78 is 26.4. The van der Waals surface area contributed by atoms with E-state index in [1.807, 2.05) is 6.92 Å². The minimum Gasteiger partial charge on any atom is -0.409 e. The molecule has 0 fully saturated rings. The molecule has 0 amide bonds. The average Bonchev–Trinajstić information content (AvgIpc) is 2.85. The maximum atomic E-state index is 12.0. The van der Waals surface area contributed by atoms with Crippen molar-refractivity contribution in [1.82, 2.24) is 14.7 Å². The van der Waals surface area contributed by atoms with Crippen LogP contribution >= 0.6 is 0 Å². The van der Waals surface area contributed by atoms with Gasteiger partial charge in [-0.15, -0.1) is 0 Å². The van der Waals surface area contributed by atoms with Crippen LogP contribution in [0.3, 0.4) is 0 Å². The first-order chi connectivity index (χ1) is 8.73. The molecule has 8 nitrogen and oxygen atoms in total.